The Labute approximate surface area is 121 Å². The monoisotopic (exact) mass is 284 g/mol. The summed E-state index contributed by atoms with van der Waals surface area (Å²) < 4.78 is 5.49. The molecule has 1 heterocycles. The van der Waals surface area contributed by atoms with Crippen LogP contribution in [0.2, 0.25) is 5.02 Å². The number of ether oxygens (including phenoxy) is 1. The molecule has 0 spiro atoms. The molecule has 0 aliphatic carbocycles. The van der Waals surface area contributed by atoms with Crippen molar-refractivity contribution in [1.29, 1.82) is 0 Å². The molecule has 0 saturated heterocycles. The average molecular weight is 285 g/mol. The van der Waals surface area contributed by atoms with Crippen LogP contribution in [0.4, 0.5) is 0 Å². The van der Waals surface area contributed by atoms with Gasteiger partial charge in [-0.15, -0.1) is 0 Å². The van der Waals surface area contributed by atoms with Crippen molar-refractivity contribution in [3.05, 3.63) is 29.0 Å². The second-order valence-corrected chi connectivity index (χ2v) is 5.81. The molecule has 0 radical (unpaired) electrons. The summed E-state index contributed by atoms with van der Waals surface area (Å²) in [5.74, 6) is 0. The van der Waals surface area contributed by atoms with E-state index in [1.807, 2.05) is 6.07 Å². The summed E-state index contributed by atoms with van der Waals surface area (Å²) in [7, 11) is 1.76. The molecule has 19 heavy (non-hydrogen) atoms. The van der Waals surface area contributed by atoms with Gasteiger partial charge in [-0.05, 0) is 51.3 Å². The third-order valence-corrected chi connectivity index (χ3v) is 3.72. The van der Waals surface area contributed by atoms with E-state index in [1.54, 1.807) is 19.5 Å². The number of halogens is 1. The fourth-order valence-corrected chi connectivity index (χ4v) is 2.20. The largest absolute Gasteiger partial charge is 0.379 e. The van der Waals surface area contributed by atoms with Crippen molar-refractivity contribution in [3.63, 3.8) is 0 Å². The highest BCUT2D eigenvalue weighted by Crippen LogP contribution is 2.28. The van der Waals surface area contributed by atoms with Crippen molar-refractivity contribution in [2.45, 2.75) is 51.7 Å². The van der Waals surface area contributed by atoms with Crippen LogP contribution in [0.15, 0.2) is 18.5 Å². The number of pyridine rings is 1. The highest BCUT2D eigenvalue weighted by molar-refractivity contribution is 6.31. The van der Waals surface area contributed by atoms with Crippen LogP contribution in [0.3, 0.4) is 0 Å². The SMILES string of the molecule is CCCNC(CCC(C)(C)OC)c1ccncc1Cl. The zero-order valence-corrected chi connectivity index (χ0v) is 13.1. The van der Waals surface area contributed by atoms with E-state index in [-0.39, 0.29) is 11.6 Å². The molecule has 1 N–H and O–H groups in total. The fourth-order valence-electron chi connectivity index (χ4n) is 1.95. The molecule has 108 valence electrons. The summed E-state index contributed by atoms with van der Waals surface area (Å²) >= 11 is 6.25. The predicted molar refractivity (Wildman–Crippen MR) is 80.6 cm³/mol. The van der Waals surface area contributed by atoms with E-state index in [2.05, 4.69) is 31.1 Å². The van der Waals surface area contributed by atoms with Crippen LogP contribution in [0.5, 0.6) is 0 Å². The van der Waals surface area contributed by atoms with E-state index >= 15 is 0 Å². The van der Waals surface area contributed by atoms with Crippen molar-refractivity contribution in [1.82, 2.24) is 10.3 Å². The maximum absolute atomic E-state index is 6.25. The Morgan fingerprint density at radius 1 is 1.47 bits per heavy atom. The van der Waals surface area contributed by atoms with Crippen LogP contribution in [0.1, 0.15) is 51.6 Å². The molecule has 0 aliphatic heterocycles. The highest BCUT2D eigenvalue weighted by Gasteiger charge is 2.21. The molecule has 1 aromatic heterocycles. The molecule has 0 amide bonds. The molecule has 0 bridgehead atoms. The minimum absolute atomic E-state index is 0.106. The Balaban J connectivity index is 2.75. The van der Waals surface area contributed by atoms with Crippen molar-refractivity contribution < 1.29 is 4.74 Å². The molecule has 3 nitrogen and oxygen atoms in total. The molecular formula is C15H25ClN2O. The molecule has 1 atom stereocenters. The van der Waals surface area contributed by atoms with Gasteiger partial charge in [-0.3, -0.25) is 4.98 Å². The molecule has 1 unspecified atom stereocenters. The number of rotatable bonds is 8. The van der Waals surface area contributed by atoms with Gasteiger partial charge >= 0.3 is 0 Å². The second kappa shape index (κ2) is 7.83. The van der Waals surface area contributed by atoms with E-state index in [4.69, 9.17) is 16.3 Å². The van der Waals surface area contributed by atoms with Gasteiger partial charge in [0.15, 0.2) is 0 Å². The van der Waals surface area contributed by atoms with Crippen LogP contribution in [0, 0.1) is 0 Å². The minimum atomic E-state index is -0.106. The van der Waals surface area contributed by atoms with Gasteiger partial charge in [0.2, 0.25) is 0 Å². The van der Waals surface area contributed by atoms with E-state index in [0.29, 0.717) is 0 Å². The van der Waals surface area contributed by atoms with Crippen LogP contribution in [-0.4, -0.2) is 24.2 Å². The molecule has 1 aromatic rings. The molecule has 0 saturated carbocycles. The summed E-state index contributed by atoms with van der Waals surface area (Å²) in [4.78, 5) is 4.05. The van der Waals surface area contributed by atoms with Crippen molar-refractivity contribution in [3.8, 4) is 0 Å². The maximum Gasteiger partial charge on any atom is 0.0637 e. The number of hydrogen-bond acceptors (Lipinski definition) is 3. The molecule has 1 rings (SSSR count). The number of nitrogens with one attached hydrogen (secondary N) is 1. The predicted octanol–water partition coefficient (Wildman–Crippen LogP) is 3.98. The lowest BCUT2D eigenvalue weighted by atomic mass is 9.95. The third-order valence-electron chi connectivity index (χ3n) is 3.41. The van der Waals surface area contributed by atoms with Gasteiger partial charge in [0.1, 0.15) is 0 Å². The van der Waals surface area contributed by atoms with Crippen LogP contribution < -0.4 is 5.32 Å². The van der Waals surface area contributed by atoms with Gasteiger partial charge in [-0.2, -0.15) is 0 Å². The maximum atomic E-state index is 6.25. The van der Waals surface area contributed by atoms with Gasteiger partial charge in [-0.1, -0.05) is 18.5 Å². The summed E-state index contributed by atoms with van der Waals surface area (Å²) in [5.41, 5.74) is 1.02. The summed E-state index contributed by atoms with van der Waals surface area (Å²) in [6.07, 6.45) is 6.57. The van der Waals surface area contributed by atoms with Crippen LogP contribution >= 0.6 is 11.6 Å². The van der Waals surface area contributed by atoms with Gasteiger partial charge in [-0.25, -0.2) is 0 Å². The molecule has 4 heteroatoms. The number of aromatic nitrogens is 1. The smallest absolute Gasteiger partial charge is 0.0637 e. The lowest BCUT2D eigenvalue weighted by Crippen LogP contribution is -2.28. The molecule has 0 aliphatic rings. The lowest BCUT2D eigenvalue weighted by Gasteiger charge is -2.27. The zero-order valence-electron chi connectivity index (χ0n) is 12.4. The quantitative estimate of drug-likeness (QED) is 0.784. The molecular weight excluding hydrogens is 260 g/mol. The number of methoxy groups -OCH3 is 1. The van der Waals surface area contributed by atoms with Crippen molar-refractivity contribution in [2.24, 2.45) is 0 Å². The van der Waals surface area contributed by atoms with Gasteiger partial charge < -0.3 is 10.1 Å². The first-order valence-corrected chi connectivity index (χ1v) is 7.26. The van der Waals surface area contributed by atoms with Gasteiger partial charge in [0.25, 0.3) is 0 Å². The summed E-state index contributed by atoms with van der Waals surface area (Å²) in [5, 5.41) is 4.28. The van der Waals surface area contributed by atoms with Crippen LogP contribution in [-0.2, 0) is 4.74 Å². The topological polar surface area (TPSA) is 34.1 Å². The van der Waals surface area contributed by atoms with E-state index in [1.165, 1.54) is 0 Å². The van der Waals surface area contributed by atoms with E-state index in [9.17, 15) is 0 Å². The Morgan fingerprint density at radius 2 is 2.21 bits per heavy atom. The van der Waals surface area contributed by atoms with Crippen LogP contribution in [0.25, 0.3) is 0 Å². The standard InChI is InChI=1S/C15H25ClN2O/c1-5-9-18-14(6-8-15(2,3)19-4)12-7-10-17-11-13(12)16/h7,10-11,14,18H,5-6,8-9H2,1-4H3. The normalized spacial score (nSPS) is 13.5. The lowest BCUT2D eigenvalue weighted by molar-refractivity contribution is 0.0117. The average Bonchev–Trinajstić information content (AvgIpc) is 2.40. The fraction of sp³-hybridized carbons (Fsp3) is 0.667. The Hall–Kier alpha value is -0.640. The molecule has 0 aromatic carbocycles. The van der Waals surface area contributed by atoms with E-state index < -0.39 is 0 Å². The summed E-state index contributed by atoms with van der Waals surface area (Å²) in [6, 6.07) is 2.25. The minimum Gasteiger partial charge on any atom is -0.379 e. The van der Waals surface area contributed by atoms with Gasteiger partial charge in [0.05, 0.1) is 10.6 Å². The Kier molecular flexibility index (Phi) is 6.76. The zero-order chi connectivity index (χ0) is 14.3. The second-order valence-electron chi connectivity index (χ2n) is 5.41. The van der Waals surface area contributed by atoms with Gasteiger partial charge in [0, 0.05) is 25.5 Å². The summed E-state index contributed by atoms with van der Waals surface area (Å²) in [6.45, 7) is 7.37. The van der Waals surface area contributed by atoms with Crippen molar-refractivity contribution >= 4 is 11.6 Å². The third kappa shape index (κ3) is 5.47. The van der Waals surface area contributed by atoms with E-state index in [0.717, 1.165) is 36.4 Å². The Morgan fingerprint density at radius 3 is 2.79 bits per heavy atom. The molecule has 0 fully saturated rings. The first-order valence-electron chi connectivity index (χ1n) is 6.88. The number of hydrogen-bond donors (Lipinski definition) is 1. The first-order chi connectivity index (χ1) is 9.00. The Bertz CT molecular complexity index is 382. The first kappa shape index (κ1) is 16.4. The highest BCUT2D eigenvalue weighted by atomic mass is 35.5. The van der Waals surface area contributed by atoms with Crippen molar-refractivity contribution in [2.75, 3.05) is 13.7 Å². The number of nitrogens with zero attached hydrogens (tertiary/aromatic N) is 1.